The van der Waals surface area contributed by atoms with Crippen LogP contribution in [0.2, 0.25) is 0 Å². The van der Waals surface area contributed by atoms with Gasteiger partial charge in [0.05, 0.1) is 0 Å². The summed E-state index contributed by atoms with van der Waals surface area (Å²) in [6.45, 7) is 1.56. The quantitative estimate of drug-likeness (QED) is 0.646. The van der Waals surface area contributed by atoms with Crippen molar-refractivity contribution in [1.29, 1.82) is 0 Å². The largest absolute Gasteiger partial charge is 0.660 e. The van der Waals surface area contributed by atoms with Gasteiger partial charge in [-0.1, -0.05) is 0 Å². The molecule has 0 spiro atoms. The van der Waals surface area contributed by atoms with E-state index in [1.54, 1.807) is 0 Å². The van der Waals surface area contributed by atoms with Crippen molar-refractivity contribution < 1.29 is 42.6 Å². The molecule has 0 aromatic heterocycles. The van der Waals surface area contributed by atoms with Gasteiger partial charge in [-0.3, -0.25) is 4.79 Å². The monoisotopic (exact) mass is 277 g/mol. The third-order valence-corrected chi connectivity index (χ3v) is 2.01. The topological polar surface area (TPSA) is 80.7 Å². The van der Waals surface area contributed by atoms with Crippen LogP contribution in [0.4, 0.5) is 0 Å². The van der Waals surface area contributed by atoms with Crippen molar-refractivity contribution in [3.05, 3.63) is 5.32 Å². The van der Waals surface area contributed by atoms with Gasteiger partial charge in [0, 0.05) is 32.7 Å². The van der Waals surface area contributed by atoms with E-state index in [4.69, 9.17) is 15.6 Å². The summed E-state index contributed by atoms with van der Waals surface area (Å²) in [5.41, 5.74) is 5.74. The molecule has 1 rings (SSSR count). The Kier molecular flexibility index (Phi) is 12.0. The molecule has 2 atom stereocenters. The van der Waals surface area contributed by atoms with Gasteiger partial charge in [0.15, 0.2) is 0 Å². The molecule has 0 bridgehead atoms. The Labute approximate surface area is 110 Å². The summed E-state index contributed by atoms with van der Waals surface area (Å²) >= 11 is 0. The summed E-state index contributed by atoms with van der Waals surface area (Å²) in [4.78, 5) is 10.6. The van der Waals surface area contributed by atoms with Crippen LogP contribution in [0.3, 0.4) is 0 Å². The minimum Gasteiger partial charge on any atom is -0.660 e. The second-order valence-electron chi connectivity index (χ2n) is 3.31. The number of rotatable bonds is 1. The van der Waals surface area contributed by atoms with Gasteiger partial charge in [0.1, 0.15) is 0 Å². The first kappa shape index (κ1) is 16.9. The predicted octanol–water partition coefficient (Wildman–Crippen LogP) is -0.280. The van der Waals surface area contributed by atoms with Gasteiger partial charge >= 0.3 is 0 Å². The summed E-state index contributed by atoms with van der Waals surface area (Å²) in [6, 6.07) is 0.866. The molecule has 1 aliphatic heterocycles. The van der Waals surface area contributed by atoms with Crippen molar-refractivity contribution in [2.75, 3.05) is 27.2 Å². The fraction of sp³-hybridized carbons (Fsp3) is 0.875. The predicted molar refractivity (Wildman–Crippen MR) is 51.9 cm³/mol. The van der Waals surface area contributed by atoms with E-state index in [1.165, 1.54) is 0 Å². The molecule has 6 heteroatoms. The van der Waals surface area contributed by atoms with Gasteiger partial charge in [-0.2, -0.15) is 0 Å². The zero-order valence-electron chi connectivity index (χ0n) is 8.76. The van der Waals surface area contributed by atoms with Crippen molar-refractivity contribution in [2.45, 2.75) is 18.5 Å². The second-order valence-corrected chi connectivity index (χ2v) is 3.31. The summed E-state index contributed by atoms with van der Waals surface area (Å²) in [5, 5.41) is 11.2. The molecule has 0 aromatic carbocycles. The molecule has 81 valence electrons. The molecule has 5 nitrogen and oxygen atoms in total. The molecule has 0 saturated carbocycles. The zero-order valence-corrected chi connectivity index (χ0v) is 11.6. The fourth-order valence-electron chi connectivity index (χ4n) is 1.26. The van der Waals surface area contributed by atoms with E-state index in [1.807, 2.05) is 0 Å². The third-order valence-electron chi connectivity index (χ3n) is 2.01. The van der Waals surface area contributed by atoms with Crippen LogP contribution in [0.5, 0.6) is 0 Å². The van der Waals surface area contributed by atoms with Crippen molar-refractivity contribution in [1.82, 2.24) is 4.90 Å². The van der Waals surface area contributed by atoms with Crippen LogP contribution in [0.15, 0.2) is 0 Å². The van der Waals surface area contributed by atoms with Crippen LogP contribution in [0, 0.1) is 0 Å². The number of hydrogen-bond donors (Lipinski definition) is 2. The van der Waals surface area contributed by atoms with Crippen LogP contribution >= 0.6 is 0 Å². The van der Waals surface area contributed by atoms with Gasteiger partial charge in [-0.15, -0.1) is 13.1 Å². The number of nitrogens with zero attached hydrogens (tertiary/aromatic N) is 2. The average Bonchev–Trinajstić information content (AvgIpc) is 2.05. The van der Waals surface area contributed by atoms with E-state index >= 15 is 0 Å². The van der Waals surface area contributed by atoms with Gasteiger partial charge < -0.3 is 21.1 Å². The van der Waals surface area contributed by atoms with Gasteiger partial charge in [-0.05, 0) is 32.6 Å². The summed E-state index contributed by atoms with van der Waals surface area (Å²) < 4.78 is 0. The molecular formula is C8H18N3O2Y-. The molecule has 0 aliphatic carbocycles. The molecule has 1 aliphatic rings. The number of piperidine rings is 1. The number of hydrogen-bond acceptors (Lipinski definition) is 3. The molecule has 2 unspecified atom stereocenters. The number of likely N-dealkylation sites (N-methyl/N-ethyl adjacent to an activating group) is 1. The van der Waals surface area contributed by atoms with Crippen molar-refractivity contribution >= 4 is 6.47 Å². The first-order valence-electron chi connectivity index (χ1n) is 4.25. The van der Waals surface area contributed by atoms with E-state index in [0.717, 1.165) is 19.5 Å². The maximum Gasteiger partial charge on any atom is 0.290 e. The number of nitrogens with two attached hydrogens (primary N) is 1. The van der Waals surface area contributed by atoms with Crippen LogP contribution < -0.4 is 5.73 Å². The summed E-state index contributed by atoms with van der Waals surface area (Å²) in [7, 11) is 4.16. The summed E-state index contributed by atoms with van der Waals surface area (Å²) in [6.07, 6.45) is 1.09. The van der Waals surface area contributed by atoms with Crippen molar-refractivity contribution in [3.63, 3.8) is 0 Å². The maximum atomic E-state index is 8.36. The Morgan fingerprint density at radius 1 is 1.50 bits per heavy atom. The molecule has 14 heavy (non-hydrogen) atoms. The van der Waals surface area contributed by atoms with E-state index in [2.05, 4.69) is 24.3 Å². The second kappa shape index (κ2) is 9.99. The van der Waals surface area contributed by atoms with E-state index in [-0.39, 0.29) is 39.2 Å². The minimum absolute atomic E-state index is 0. The first-order valence-corrected chi connectivity index (χ1v) is 4.25. The van der Waals surface area contributed by atoms with E-state index in [9.17, 15) is 0 Å². The molecule has 1 radical (unpaired) electrons. The van der Waals surface area contributed by atoms with Crippen molar-refractivity contribution in [3.8, 4) is 0 Å². The Morgan fingerprint density at radius 3 is 2.29 bits per heavy atom. The van der Waals surface area contributed by atoms with Crippen LogP contribution in [0.25, 0.3) is 5.32 Å². The minimum atomic E-state index is -0.250. The van der Waals surface area contributed by atoms with Gasteiger partial charge in [0.2, 0.25) is 0 Å². The van der Waals surface area contributed by atoms with E-state index in [0.29, 0.717) is 12.1 Å². The third kappa shape index (κ3) is 7.82. The Balaban J connectivity index is 0. The Morgan fingerprint density at radius 2 is 2.00 bits per heavy atom. The van der Waals surface area contributed by atoms with Gasteiger partial charge in [0.25, 0.3) is 6.47 Å². The molecule has 1 saturated heterocycles. The van der Waals surface area contributed by atoms with Gasteiger partial charge in [-0.25, -0.2) is 0 Å². The molecule has 0 amide bonds. The van der Waals surface area contributed by atoms with Crippen LogP contribution in [-0.2, 0) is 37.5 Å². The number of carboxylic acid groups (broad SMARTS) is 1. The van der Waals surface area contributed by atoms with Crippen LogP contribution in [-0.4, -0.2) is 55.7 Å². The maximum absolute atomic E-state index is 8.36. The molecule has 3 N–H and O–H groups in total. The molecule has 1 fully saturated rings. The average molecular weight is 277 g/mol. The molecule has 0 aromatic rings. The van der Waals surface area contributed by atoms with E-state index < -0.39 is 0 Å². The molecule has 1 heterocycles. The molecular weight excluding hydrogens is 259 g/mol. The number of carbonyl (C=O) groups is 1. The Bertz CT molecular complexity index is 147. The Hall–Kier alpha value is 0.454. The SMILES string of the molecule is CN(C)C1C[N-]CC(N)C1.O=CO.[Y]. The van der Waals surface area contributed by atoms with Crippen molar-refractivity contribution in [2.24, 2.45) is 5.73 Å². The standard InChI is InChI=1S/C7H16N3.CH2O2.Y/c1-10(2)7-3-6(8)4-9-5-7;2-1-3;/h6-7H,3-5,8H2,1-2H3;1H,(H,2,3);/q-1;;. The first-order chi connectivity index (χ1) is 6.11. The normalized spacial score (nSPS) is 25.7. The van der Waals surface area contributed by atoms with Crippen LogP contribution in [0.1, 0.15) is 6.42 Å². The fourth-order valence-corrected chi connectivity index (χ4v) is 1.26. The summed E-state index contributed by atoms with van der Waals surface area (Å²) in [5.74, 6) is 0. The smallest absolute Gasteiger partial charge is 0.290 e. The zero-order chi connectivity index (χ0) is 10.3.